The first kappa shape index (κ1) is 13.6. The topological polar surface area (TPSA) is 12.9 Å². The Labute approximate surface area is 101 Å². The number of hydrogen-bond donors (Lipinski definition) is 0. The molecule has 1 aromatic rings. The monoisotopic (exact) mass is 323 g/mol. The lowest BCUT2D eigenvalue weighted by atomic mass is 10.1. The molecule has 90 valence electrons. The van der Waals surface area contributed by atoms with Crippen LogP contribution in [0.1, 0.15) is 23.2 Å². The zero-order valence-electron chi connectivity index (χ0n) is 7.45. The molecule has 0 aliphatic carbocycles. The summed E-state index contributed by atoms with van der Waals surface area (Å²) < 4.78 is 62.7. The van der Waals surface area contributed by atoms with Gasteiger partial charge in [0.15, 0.2) is 0 Å². The van der Waals surface area contributed by atoms with Gasteiger partial charge in [-0.2, -0.15) is 13.2 Å². The lowest BCUT2D eigenvalue weighted by Crippen LogP contribution is -2.13. The summed E-state index contributed by atoms with van der Waals surface area (Å²) in [5, 5.41) is -1.03. The van der Waals surface area contributed by atoms with E-state index in [9.17, 15) is 22.0 Å². The molecule has 0 aliphatic rings. The van der Waals surface area contributed by atoms with Crippen molar-refractivity contribution in [3.05, 3.63) is 28.0 Å². The van der Waals surface area contributed by atoms with Crippen LogP contribution >= 0.6 is 27.5 Å². The second-order valence-electron chi connectivity index (χ2n) is 2.77. The molecule has 0 aliphatic heterocycles. The van der Waals surface area contributed by atoms with E-state index in [-0.39, 0.29) is 11.0 Å². The molecule has 0 aromatic carbocycles. The summed E-state index contributed by atoms with van der Waals surface area (Å²) in [6.45, 7) is 0. The summed E-state index contributed by atoms with van der Waals surface area (Å²) in [5.41, 5.74) is -3.06. The first-order chi connectivity index (χ1) is 7.29. The normalized spacial score (nSPS) is 12.2. The average molecular weight is 324 g/mol. The molecule has 0 bridgehead atoms. The van der Waals surface area contributed by atoms with Crippen LogP contribution in [0.4, 0.5) is 22.0 Å². The summed E-state index contributed by atoms with van der Waals surface area (Å²) in [5.74, 6) is 0. The van der Waals surface area contributed by atoms with Crippen molar-refractivity contribution in [3.63, 3.8) is 0 Å². The molecule has 16 heavy (non-hydrogen) atoms. The second kappa shape index (κ2) is 4.83. The zero-order valence-corrected chi connectivity index (χ0v) is 9.80. The lowest BCUT2D eigenvalue weighted by Gasteiger charge is -2.16. The van der Waals surface area contributed by atoms with E-state index in [1.165, 1.54) is 0 Å². The Kier molecular flexibility index (Phi) is 4.12. The van der Waals surface area contributed by atoms with Crippen LogP contribution in [0.5, 0.6) is 0 Å². The number of rotatable bonds is 2. The zero-order chi connectivity index (χ0) is 12.5. The maximum absolute atomic E-state index is 12.6. The van der Waals surface area contributed by atoms with Gasteiger partial charge in [0.2, 0.25) is 0 Å². The average Bonchev–Trinajstić information content (AvgIpc) is 2.15. The molecule has 1 aromatic heterocycles. The first-order valence-corrected chi connectivity index (χ1v) is 5.37. The highest BCUT2D eigenvalue weighted by Gasteiger charge is 2.39. The van der Waals surface area contributed by atoms with Crippen molar-refractivity contribution >= 4 is 27.5 Å². The highest BCUT2D eigenvalue weighted by molar-refractivity contribution is 9.08. The SMILES string of the molecule is FC(F)c1c(CBr)ncc(Cl)c1C(F)(F)F. The summed E-state index contributed by atoms with van der Waals surface area (Å²) in [6, 6.07) is 0. The molecule has 8 heteroatoms. The molecule has 1 heterocycles. The minimum absolute atomic E-state index is 0.201. The van der Waals surface area contributed by atoms with Crippen molar-refractivity contribution in [2.24, 2.45) is 0 Å². The highest BCUT2D eigenvalue weighted by Crippen LogP contribution is 2.41. The van der Waals surface area contributed by atoms with Crippen molar-refractivity contribution in [2.75, 3.05) is 0 Å². The first-order valence-electron chi connectivity index (χ1n) is 3.87. The molecule has 0 N–H and O–H groups in total. The van der Waals surface area contributed by atoms with Crippen molar-refractivity contribution in [1.29, 1.82) is 0 Å². The number of nitrogens with zero attached hydrogens (tertiary/aromatic N) is 1. The van der Waals surface area contributed by atoms with Crippen molar-refractivity contribution in [3.8, 4) is 0 Å². The lowest BCUT2D eigenvalue weighted by molar-refractivity contribution is -0.139. The summed E-state index contributed by atoms with van der Waals surface area (Å²) in [6.07, 6.45) is -7.49. The maximum atomic E-state index is 12.6. The Balaban J connectivity index is 3.55. The van der Waals surface area contributed by atoms with Crippen LogP contribution in [0.3, 0.4) is 0 Å². The number of halogens is 7. The van der Waals surface area contributed by atoms with Crippen molar-refractivity contribution in [2.45, 2.75) is 17.9 Å². The van der Waals surface area contributed by atoms with E-state index in [0.29, 0.717) is 6.20 Å². The molecule has 1 nitrogen and oxygen atoms in total. The molecule has 0 fully saturated rings. The van der Waals surface area contributed by atoms with Crippen LogP contribution in [0, 0.1) is 0 Å². The Morgan fingerprint density at radius 3 is 2.31 bits per heavy atom. The largest absolute Gasteiger partial charge is 0.418 e. The van der Waals surface area contributed by atoms with E-state index < -0.39 is 28.8 Å². The van der Waals surface area contributed by atoms with Crippen LogP contribution in [0.25, 0.3) is 0 Å². The molecule has 0 radical (unpaired) electrons. The van der Waals surface area contributed by atoms with Crippen LogP contribution in [0.2, 0.25) is 5.02 Å². The molecule has 0 unspecified atom stereocenters. The Morgan fingerprint density at radius 1 is 1.38 bits per heavy atom. The minimum Gasteiger partial charge on any atom is -0.258 e. The summed E-state index contributed by atoms with van der Waals surface area (Å²) in [4.78, 5) is 3.43. The van der Waals surface area contributed by atoms with Crippen molar-refractivity contribution < 1.29 is 22.0 Å². The van der Waals surface area contributed by atoms with E-state index in [2.05, 4.69) is 20.9 Å². The summed E-state index contributed by atoms with van der Waals surface area (Å²) in [7, 11) is 0. The smallest absolute Gasteiger partial charge is 0.258 e. The van der Waals surface area contributed by atoms with Gasteiger partial charge in [-0.3, -0.25) is 4.98 Å². The number of pyridine rings is 1. The quantitative estimate of drug-likeness (QED) is 0.573. The van der Waals surface area contributed by atoms with Gasteiger partial charge < -0.3 is 0 Å². The molecule has 0 saturated carbocycles. The fourth-order valence-corrected chi connectivity index (χ4v) is 1.88. The molecule has 0 amide bonds. The van der Waals surface area contributed by atoms with Crippen LogP contribution in [-0.4, -0.2) is 4.98 Å². The van der Waals surface area contributed by atoms with Crippen LogP contribution in [-0.2, 0) is 11.5 Å². The predicted octanol–water partition coefficient (Wildman–Crippen LogP) is 4.59. The van der Waals surface area contributed by atoms with Gasteiger partial charge in [-0.25, -0.2) is 8.78 Å². The molecule has 0 saturated heterocycles. The standard InChI is InChI=1S/C8H4BrClF5N/c9-1-4-5(7(11)12)6(8(13,14)15)3(10)2-16-4/h2,7H,1H2. The van der Waals surface area contributed by atoms with Gasteiger partial charge in [0.1, 0.15) is 0 Å². The molecule has 0 atom stereocenters. The Bertz CT molecular complexity index is 393. The van der Waals surface area contributed by atoms with Gasteiger partial charge in [0.05, 0.1) is 21.8 Å². The Morgan fingerprint density at radius 2 is 1.94 bits per heavy atom. The van der Waals surface area contributed by atoms with Gasteiger partial charge in [-0.1, -0.05) is 27.5 Å². The number of hydrogen-bond acceptors (Lipinski definition) is 1. The van der Waals surface area contributed by atoms with Gasteiger partial charge in [-0.15, -0.1) is 0 Å². The highest BCUT2D eigenvalue weighted by atomic mass is 79.9. The third-order valence-electron chi connectivity index (χ3n) is 1.78. The number of aromatic nitrogens is 1. The van der Waals surface area contributed by atoms with E-state index >= 15 is 0 Å². The van der Waals surface area contributed by atoms with Gasteiger partial charge in [0.25, 0.3) is 6.43 Å². The van der Waals surface area contributed by atoms with Gasteiger partial charge in [-0.05, 0) is 0 Å². The summed E-state index contributed by atoms with van der Waals surface area (Å²) >= 11 is 8.05. The van der Waals surface area contributed by atoms with Gasteiger partial charge in [0, 0.05) is 11.5 Å². The fourth-order valence-electron chi connectivity index (χ4n) is 1.17. The van der Waals surface area contributed by atoms with Crippen LogP contribution in [0.15, 0.2) is 6.20 Å². The van der Waals surface area contributed by atoms with E-state index in [1.54, 1.807) is 0 Å². The third kappa shape index (κ3) is 2.63. The van der Waals surface area contributed by atoms with E-state index in [4.69, 9.17) is 11.6 Å². The maximum Gasteiger partial charge on any atom is 0.418 e. The van der Waals surface area contributed by atoms with Crippen molar-refractivity contribution in [1.82, 2.24) is 4.98 Å². The van der Waals surface area contributed by atoms with Crippen LogP contribution < -0.4 is 0 Å². The molecular weight excluding hydrogens is 320 g/mol. The Hall–Kier alpha value is -0.430. The van der Waals surface area contributed by atoms with Gasteiger partial charge >= 0.3 is 6.18 Å². The molecule has 1 rings (SSSR count). The predicted molar refractivity (Wildman–Crippen MR) is 51.8 cm³/mol. The third-order valence-corrected chi connectivity index (χ3v) is 2.60. The second-order valence-corrected chi connectivity index (χ2v) is 3.74. The number of alkyl halides is 6. The van der Waals surface area contributed by atoms with E-state index in [1.807, 2.05) is 0 Å². The molecule has 0 spiro atoms. The molecular formula is C8H4BrClF5N. The minimum atomic E-state index is -4.93. The fraction of sp³-hybridized carbons (Fsp3) is 0.375. The van der Waals surface area contributed by atoms with E-state index in [0.717, 1.165) is 0 Å².